The van der Waals surface area contributed by atoms with Crippen LogP contribution in [0.5, 0.6) is 0 Å². The number of carbonyl (C=O) groups excluding carboxylic acids is 1. The topological polar surface area (TPSA) is 61.4 Å². The zero-order valence-corrected chi connectivity index (χ0v) is 18.5. The standard InChI is InChI=1S/C27H27N5O/c33-25(28-19-21-9-3-1-4-10-21)20-31-15-17-32(18-16-31)27-23-13-7-8-14-24(23)29-26(30-27)22-11-5-2-6-12-22/h1-14H,15-20H2,(H,28,33). The Morgan fingerprint density at radius 3 is 2.21 bits per heavy atom. The number of hydrogen-bond acceptors (Lipinski definition) is 5. The molecule has 2 heterocycles. The second-order valence-corrected chi connectivity index (χ2v) is 8.28. The molecule has 0 aliphatic carbocycles. The molecular weight excluding hydrogens is 410 g/mol. The minimum atomic E-state index is 0.0613. The van der Waals surface area contributed by atoms with Crippen LogP contribution in [-0.2, 0) is 11.3 Å². The molecule has 0 atom stereocenters. The number of carbonyl (C=O) groups is 1. The molecular formula is C27H27N5O. The van der Waals surface area contributed by atoms with E-state index in [4.69, 9.17) is 9.97 Å². The lowest BCUT2D eigenvalue weighted by atomic mass is 10.1. The smallest absolute Gasteiger partial charge is 0.234 e. The predicted octanol–water partition coefficient (Wildman–Crippen LogP) is 3.74. The van der Waals surface area contributed by atoms with Gasteiger partial charge in [-0.1, -0.05) is 72.8 Å². The average molecular weight is 438 g/mol. The molecule has 1 fully saturated rings. The van der Waals surface area contributed by atoms with Gasteiger partial charge in [-0.2, -0.15) is 0 Å². The number of benzene rings is 3. The molecule has 1 N–H and O–H groups in total. The van der Waals surface area contributed by atoms with E-state index in [9.17, 15) is 4.79 Å². The first-order valence-corrected chi connectivity index (χ1v) is 11.4. The zero-order chi connectivity index (χ0) is 22.5. The van der Waals surface area contributed by atoms with Crippen LogP contribution in [0.25, 0.3) is 22.3 Å². The fraction of sp³-hybridized carbons (Fsp3) is 0.222. The van der Waals surface area contributed by atoms with Crippen molar-refractivity contribution in [3.05, 3.63) is 90.5 Å². The van der Waals surface area contributed by atoms with E-state index in [0.29, 0.717) is 13.1 Å². The molecule has 1 aliphatic rings. The van der Waals surface area contributed by atoms with Gasteiger partial charge in [0.15, 0.2) is 5.82 Å². The Morgan fingerprint density at radius 2 is 1.45 bits per heavy atom. The molecule has 1 aromatic heterocycles. The van der Waals surface area contributed by atoms with Crippen molar-refractivity contribution < 1.29 is 4.79 Å². The highest BCUT2D eigenvalue weighted by Crippen LogP contribution is 2.28. The summed E-state index contributed by atoms with van der Waals surface area (Å²) in [4.78, 5) is 26.7. The second kappa shape index (κ2) is 9.79. The van der Waals surface area contributed by atoms with Gasteiger partial charge in [-0.3, -0.25) is 9.69 Å². The third kappa shape index (κ3) is 5.02. The minimum absolute atomic E-state index is 0.0613. The number of nitrogens with one attached hydrogen (secondary N) is 1. The molecule has 0 unspecified atom stereocenters. The van der Waals surface area contributed by atoms with Crippen molar-refractivity contribution in [2.45, 2.75) is 6.54 Å². The Labute approximate surface area is 193 Å². The van der Waals surface area contributed by atoms with Crippen LogP contribution in [0.1, 0.15) is 5.56 Å². The summed E-state index contributed by atoms with van der Waals surface area (Å²) in [6.07, 6.45) is 0. The summed E-state index contributed by atoms with van der Waals surface area (Å²) in [6.45, 7) is 4.26. The number of piperazine rings is 1. The monoisotopic (exact) mass is 437 g/mol. The van der Waals surface area contributed by atoms with E-state index in [1.807, 2.05) is 78.9 Å². The first-order valence-electron chi connectivity index (χ1n) is 11.4. The number of anilines is 1. The number of hydrogen-bond donors (Lipinski definition) is 1. The van der Waals surface area contributed by atoms with Crippen LogP contribution in [-0.4, -0.2) is 53.5 Å². The Hall–Kier alpha value is -3.77. The maximum absolute atomic E-state index is 12.4. The van der Waals surface area contributed by atoms with Crippen LogP contribution in [0, 0.1) is 0 Å². The number of fused-ring (bicyclic) bond motifs is 1. The van der Waals surface area contributed by atoms with Gasteiger partial charge in [0.05, 0.1) is 12.1 Å². The highest BCUT2D eigenvalue weighted by atomic mass is 16.2. The largest absolute Gasteiger partial charge is 0.353 e. The lowest BCUT2D eigenvalue weighted by Gasteiger charge is -2.35. The number of aromatic nitrogens is 2. The van der Waals surface area contributed by atoms with Crippen molar-refractivity contribution in [3.8, 4) is 11.4 Å². The quantitative estimate of drug-likeness (QED) is 0.498. The van der Waals surface area contributed by atoms with E-state index in [0.717, 1.165) is 59.9 Å². The van der Waals surface area contributed by atoms with Crippen LogP contribution in [0.2, 0.25) is 0 Å². The molecule has 0 spiro atoms. The van der Waals surface area contributed by atoms with Crippen LogP contribution in [0.15, 0.2) is 84.9 Å². The minimum Gasteiger partial charge on any atom is -0.353 e. The number of para-hydroxylation sites is 1. The van der Waals surface area contributed by atoms with Gasteiger partial charge in [0.2, 0.25) is 5.91 Å². The normalized spacial score (nSPS) is 14.4. The van der Waals surface area contributed by atoms with E-state index in [2.05, 4.69) is 21.2 Å². The Bertz CT molecular complexity index is 1220. The molecule has 33 heavy (non-hydrogen) atoms. The Balaban J connectivity index is 1.26. The molecule has 1 aliphatic heterocycles. The third-order valence-electron chi connectivity index (χ3n) is 5.99. The first kappa shape index (κ1) is 21.1. The van der Waals surface area contributed by atoms with Crippen molar-refractivity contribution >= 4 is 22.6 Å². The molecule has 166 valence electrons. The van der Waals surface area contributed by atoms with Gasteiger partial charge in [0, 0.05) is 43.7 Å². The Morgan fingerprint density at radius 1 is 0.788 bits per heavy atom. The third-order valence-corrected chi connectivity index (χ3v) is 5.99. The van der Waals surface area contributed by atoms with Gasteiger partial charge in [0.1, 0.15) is 5.82 Å². The van der Waals surface area contributed by atoms with Crippen LogP contribution in [0.3, 0.4) is 0 Å². The van der Waals surface area contributed by atoms with Gasteiger partial charge in [0.25, 0.3) is 0 Å². The van der Waals surface area contributed by atoms with E-state index >= 15 is 0 Å². The average Bonchev–Trinajstić information content (AvgIpc) is 2.88. The highest BCUT2D eigenvalue weighted by Gasteiger charge is 2.22. The molecule has 1 amide bonds. The van der Waals surface area contributed by atoms with Crippen molar-refractivity contribution in [1.82, 2.24) is 20.2 Å². The van der Waals surface area contributed by atoms with Crippen LogP contribution >= 0.6 is 0 Å². The summed E-state index contributed by atoms with van der Waals surface area (Å²) in [6, 6.07) is 28.3. The van der Waals surface area contributed by atoms with Gasteiger partial charge in [-0.25, -0.2) is 9.97 Å². The van der Waals surface area contributed by atoms with Gasteiger partial charge >= 0.3 is 0 Å². The van der Waals surface area contributed by atoms with Gasteiger partial charge in [-0.15, -0.1) is 0 Å². The molecule has 0 radical (unpaired) electrons. The molecule has 5 rings (SSSR count). The first-order chi connectivity index (χ1) is 16.3. The molecule has 1 saturated heterocycles. The van der Waals surface area contributed by atoms with Crippen molar-refractivity contribution in [1.29, 1.82) is 0 Å². The fourth-order valence-corrected chi connectivity index (χ4v) is 4.19. The Kier molecular flexibility index (Phi) is 6.26. The summed E-state index contributed by atoms with van der Waals surface area (Å²) in [7, 11) is 0. The number of nitrogens with zero attached hydrogens (tertiary/aromatic N) is 4. The van der Waals surface area contributed by atoms with E-state index < -0.39 is 0 Å². The molecule has 0 bridgehead atoms. The maximum atomic E-state index is 12.4. The van der Waals surface area contributed by atoms with Gasteiger partial charge < -0.3 is 10.2 Å². The summed E-state index contributed by atoms with van der Waals surface area (Å²) in [5.41, 5.74) is 3.07. The summed E-state index contributed by atoms with van der Waals surface area (Å²) in [5, 5.41) is 4.09. The summed E-state index contributed by atoms with van der Waals surface area (Å²) in [5.74, 6) is 1.77. The van der Waals surface area contributed by atoms with Crippen molar-refractivity contribution in [2.75, 3.05) is 37.6 Å². The zero-order valence-electron chi connectivity index (χ0n) is 18.5. The molecule has 0 saturated carbocycles. The lowest BCUT2D eigenvalue weighted by Crippen LogP contribution is -2.49. The lowest BCUT2D eigenvalue weighted by molar-refractivity contribution is -0.122. The summed E-state index contributed by atoms with van der Waals surface area (Å²) < 4.78 is 0. The van der Waals surface area contributed by atoms with Crippen molar-refractivity contribution in [3.63, 3.8) is 0 Å². The molecule has 4 aromatic rings. The number of amides is 1. The van der Waals surface area contributed by atoms with Crippen LogP contribution in [0.4, 0.5) is 5.82 Å². The predicted molar refractivity (Wildman–Crippen MR) is 132 cm³/mol. The maximum Gasteiger partial charge on any atom is 0.234 e. The van der Waals surface area contributed by atoms with E-state index in [1.54, 1.807) is 0 Å². The van der Waals surface area contributed by atoms with Crippen LogP contribution < -0.4 is 10.2 Å². The molecule has 3 aromatic carbocycles. The molecule has 6 nitrogen and oxygen atoms in total. The number of rotatable bonds is 6. The van der Waals surface area contributed by atoms with Crippen molar-refractivity contribution in [2.24, 2.45) is 0 Å². The van der Waals surface area contributed by atoms with E-state index in [-0.39, 0.29) is 5.91 Å². The SMILES string of the molecule is O=C(CN1CCN(c2nc(-c3ccccc3)nc3ccccc23)CC1)NCc1ccccc1. The summed E-state index contributed by atoms with van der Waals surface area (Å²) >= 11 is 0. The van der Waals surface area contributed by atoms with Gasteiger partial charge in [-0.05, 0) is 17.7 Å². The fourth-order valence-electron chi connectivity index (χ4n) is 4.19. The van der Waals surface area contributed by atoms with E-state index in [1.165, 1.54) is 0 Å². The highest BCUT2D eigenvalue weighted by molar-refractivity contribution is 5.91. The molecule has 6 heteroatoms. The second-order valence-electron chi connectivity index (χ2n) is 8.28.